The summed E-state index contributed by atoms with van der Waals surface area (Å²) in [6.45, 7) is 2.05. The largest absolute Gasteiger partial charge is 0.381 e. The Morgan fingerprint density at radius 3 is 2.14 bits per heavy atom. The fourth-order valence-corrected chi connectivity index (χ4v) is 4.49. The number of ether oxygens (including phenoxy) is 1. The van der Waals surface area contributed by atoms with Gasteiger partial charge in [0.1, 0.15) is 0 Å². The second-order valence-corrected chi connectivity index (χ2v) is 8.29. The molecule has 150 valence electrons. The second-order valence-electron chi connectivity index (χ2n) is 7.25. The maximum absolute atomic E-state index is 13.5. The number of benzene rings is 2. The van der Waals surface area contributed by atoms with Gasteiger partial charge >= 0.3 is 6.03 Å². The molecule has 1 aliphatic rings. The Morgan fingerprint density at radius 1 is 0.966 bits per heavy atom. The van der Waals surface area contributed by atoms with Crippen molar-refractivity contribution in [3.8, 4) is 0 Å². The molecule has 1 saturated heterocycles. The van der Waals surface area contributed by atoms with Crippen molar-refractivity contribution in [2.75, 3.05) is 13.2 Å². The Balaban J connectivity index is 1.59. The van der Waals surface area contributed by atoms with Crippen LogP contribution in [0, 0.1) is 0 Å². The lowest BCUT2D eigenvalue weighted by Crippen LogP contribution is -2.48. The molecule has 0 unspecified atom stereocenters. The summed E-state index contributed by atoms with van der Waals surface area (Å²) in [6.07, 6.45) is 1.75. The molecule has 2 aromatic carbocycles. The van der Waals surface area contributed by atoms with Crippen LogP contribution in [0.25, 0.3) is 0 Å². The Labute approximate surface area is 176 Å². The van der Waals surface area contributed by atoms with Gasteiger partial charge in [-0.05, 0) is 35.4 Å². The first-order valence-electron chi connectivity index (χ1n) is 10.1. The normalized spacial score (nSPS) is 14.7. The van der Waals surface area contributed by atoms with Crippen LogP contribution in [0.3, 0.4) is 0 Å². The third kappa shape index (κ3) is 5.05. The Bertz CT molecular complexity index is 838. The Kier molecular flexibility index (Phi) is 6.60. The van der Waals surface area contributed by atoms with Gasteiger partial charge in [-0.2, -0.15) is 0 Å². The monoisotopic (exact) mass is 406 g/mol. The summed E-state index contributed by atoms with van der Waals surface area (Å²) in [5.74, 6) is 0. The minimum Gasteiger partial charge on any atom is -0.381 e. The molecule has 1 aliphatic heterocycles. The molecule has 0 saturated carbocycles. The van der Waals surface area contributed by atoms with Crippen LogP contribution in [0.5, 0.6) is 0 Å². The van der Waals surface area contributed by atoms with Crippen molar-refractivity contribution >= 4 is 17.4 Å². The number of hydrogen-bond acceptors (Lipinski definition) is 3. The number of carbonyl (C=O) groups excluding carboxylic acids is 1. The van der Waals surface area contributed by atoms with Gasteiger partial charge < -0.3 is 15.0 Å². The summed E-state index contributed by atoms with van der Waals surface area (Å²) in [5, 5.41) is 5.37. The summed E-state index contributed by atoms with van der Waals surface area (Å²) < 4.78 is 5.53. The van der Waals surface area contributed by atoms with E-state index in [1.54, 1.807) is 11.3 Å². The number of carbonyl (C=O) groups is 1. The second kappa shape index (κ2) is 9.72. The molecule has 0 bridgehead atoms. The number of amides is 2. The summed E-state index contributed by atoms with van der Waals surface area (Å²) in [7, 11) is 0. The minimum atomic E-state index is -0.185. The van der Waals surface area contributed by atoms with Crippen LogP contribution in [0.15, 0.2) is 78.2 Å². The van der Waals surface area contributed by atoms with Crippen LogP contribution >= 0.6 is 11.3 Å². The van der Waals surface area contributed by atoms with Gasteiger partial charge in [0.2, 0.25) is 0 Å². The van der Waals surface area contributed by atoms with Gasteiger partial charge in [-0.3, -0.25) is 0 Å². The lowest BCUT2D eigenvalue weighted by atomic mass is 9.99. The molecule has 4 rings (SSSR count). The average Bonchev–Trinajstić information content (AvgIpc) is 3.31. The summed E-state index contributed by atoms with van der Waals surface area (Å²) in [6, 6.07) is 24.4. The van der Waals surface area contributed by atoms with Crippen molar-refractivity contribution in [2.45, 2.75) is 31.5 Å². The molecule has 1 fully saturated rings. The predicted molar refractivity (Wildman–Crippen MR) is 117 cm³/mol. The van der Waals surface area contributed by atoms with E-state index in [0.29, 0.717) is 19.8 Å². The summed E-state index contributed by atoms with van der Waals surface area (Å²) in [4.78, 5) is 16.7. The van der Waals surface area contributed by atoms with E-state index in [-0.39, 0.29) is 18.1 Å². The highest BCUT2D eigenvalue weighted by Gasteiger charge is 2.28. The molecule has 5 heteroatoms. The highest BCUT2D eigenvalue weighted by molar-refractivity contribution is 7.09. The minimum absolute atomic E-state index is 0.0250. The maximum atomic E-state index is 13.5. The molecule has 4 nitrogen and oxygen atoms in total. The fourth-order valence-electron chi connectivity index (χ4n) is 3.79. The molecule has 0 radical (unpaired) electrons. The number of urea groups is 1. The number of hydrogen-bond donors (Lipinski definition) is 1. The van der Waals surface area contributed by atoms with E-state index in [9.17, 15) is 4.79 Å². The van der Waals surface area contributed by atoms with Gasteiger partial charge in [0.25, 0.3) is 0 Å². The molecule has 2 heterocycles. The van der Waals surface area contributed by atoms with E-state index in [4.69, 9.17) is 4.74 Å². The van der Waals surface area contributed by atoms with E-state index < -0.39 is 0 Å². The smallest absolute Gasteiger partial charge is 0.318 e. The summed E-state index contributed by atoms with van der Waals surface area (Å²) >= 11 is 1.69. The van der Waals surface area contributed by atoms with E-state index in [1.807, 2.05) is 47.4 Å². The van der Waals surface area contributed by atoms with Crippen LogP contribution in [-0.2, 0) is 11.3 Å². The van der Waals surface area contributed by atoms with Crippen LogP contribution in [0.4, 0.5) is 4.79 Å². The SMILES string of the molecule is O=C(NC(c1ccccc1)c1ccccc1)N(Cc1cccs1)C1CCOCC1. The Hall–Kier alpha value is -2.63. The molecule has 0 spiro atoms. The van der Waals surface area contributed by atoms with Crippen LogP contribution in [0.2, 0.25) is 0 Å². The molecule has 0 atom stereocenters. The van der Waals surface area contributed by atoms with Gasteiger partial charge in [-0.25, -0.2) is 4.79 Å². The zero-order valence-corrected chi connectivity index (χ0v) is 17.2. The zero-order chi connectivity index (χ0) is 19.9. The molecule has 2 amide bonds. The van der Waals surface area contributed by atoms with Crippen molar-refractivity contribution in [1.29, 1.82) is 0 Å². The van der Waals surface area contributed by atoms with Crippen LogP contribution < -0.4 is 5.32 Å². The maximum Gasteiger partial charge on any atom is 0.318 e. The van der Waals surface area contributed by atoms with Gasteiger partial charge in [0.05, 0.1) is 12.6 Å². The lowest BCUT2D eigenvalue weighted by Gasteiger charge is -2.35. The van der Waals surface area contributed by atoms with Gasteiger partial charge in [-0.1, -0.05) is 66.7 Å². The number of thiophene rings is 1. The first kappa shape index (κ1) is 19.7. The molecular weight excluding hydrogens is 380 g/mol. The molecular formula is C24H26N2O2S. The van der Waals surface area contributed by atoms with Crippen molar-refractivity contribution in [1.82, 2.24) is 10.2 Å². The average molecular weight is 407 g/mol. The molecule has 1 N–H and O–H groups in total. The lowest BCUT2D eigenvalue weighted by molar-refractivity contribution is 0.0436. The first-order valence-corrected chi connectivity index (χ1v) is 11.0. The topological polar surface area (TPSA) is 41.6 Å². The number of nitrogens with zero attached hydrogens (tertiary/aromatic N) is 1. The highest BCUT2D eigenvalue weighted by Crippen LogP contribution is 2.25. The highest BCUT2D eigenvalue weighted by atomic mass is 32.1. The van der Waals surface area contributed by atoms with Gasteiger partial charge in [0, 0.05) is 24.1 Å². The molecule has 29 heavy (non-hydrogen) atoms. The van der Waals surface area contributed by atoms with Crippen molar-refractivity contribution < 1.29 is 9.53 Å². The van der Waals surface area contributed by atoms with E-state index in [1.165, 1.54) is 4.88 Å². The standard InChI is InChI=1S/C24H26N2O2S/c27-24(26(18-22-12-7-17-29-22)21-13-15-28-16-14-21)25-23(19-8-3-1-4-9-19)20-10-5-2-6-11-20/h1-12,17,21,23H,13-16,18H2,(H,25,27). The van der Waals surface area contributed by atoms with Crippen molar-refractivity contribution in [2.24, 2.45) is 0 Å². The van der Waals surface area contributed by atoms with E-state index >= 15 is 0 Å². The van der Waals surface area contributed by atoms with Crippen LogP contribution in [-0.4, -0.2) is 30.2 Å². The fraction of sp³-hybridized carbons (Fsp3) is 0.292. The van der Waals surface area contributed by atoms with Crippen molar-refractivity contribution in [3.05, 3.63) is 94.2 Å². The summed E-state index contributed by atoms with van der Waals surface area (Å²) in [5.41, 5.74) is 2.16. The van der Waals surface area contributed by atoms with Gasteiger partial charge in [0.15, 0.2) is 0 Å². The predicted octanol–water partition coefficient (Wildman–Crippen LogP) is 5.23. The molecule has 1 aromatic heterocycles. The Morgan fingerprint density at radius 2 is 1.59 bits per heavy atom. The van der Waals surface area contributed by atoms with Crippen LogP contribution in [0.1, 0.15) is 34.9 Å². The molecule has 0 aliphatic carbocycles. The van der Waals surface area contributed by atoms with Crippen molar-refractivity contribution in [3.63, 3.8) is 0 Å². The third-order valence-corrected chi connectivity index (χ3v) is 6.19. The zero-order valence-electron chi connectivity index (χ0n) is 16.4. The van der Waals surface area contributed by atoms with Gasteiger partial charge in [-0.15, -0.1) is 11.3 Å². The first-order chi connectivity index (χ1) is 14.3. The molecule has 3 aromatic rings. The third-order valence-electron chi connectivity index (χ3n) is 5.33. The number of rotatable bonds is 6. The van der Waals surface area contributed by atoms with E-state index in [2.05, 4.69) is 41.0 Å². The number of nitrogens with one attached hydrogen (secondary N) is 1. The quantitative estimate of drug-likeness (QED) is 0.609. The van der Waals surface area contributed by atoms with E-state index in [0.717, 1.165) is 24.0 Å².